The molecule has 2 aromatic carbocycles. The highest BCUT2D eigenvalue weighted by molar-refractivity contribution is 5.87. The monoisotopic (exact) mass is 337 g/mol. The number of ether oxygens (including phenoxy) is 1. The lowest BCUT2D eigenvalue weighted by Crippen LogP contribution is -2.45. The Labute approximate surface area is 145 Å². The van der Waals surface area contributed by atoms with Crippen molar-refractivity contribution in [3.05, 3.63) is 48.0 Å². The molecule has 0 spiro atoms. The predicted octanol–water partition coefficient (Wildman–Crippen LogP) is 2.41. The van der Waals surface area contributed by atoms with E-state index >= 15 is 0 Å². The fraction of sp³-hybridized carbons (Fsp3) is 0.333. The molecule has 3 atom stereocenters. The van der Waals surface area contributed by atoms with Gasteiger partial charge in [-0.1, -0.05) is 47.6 Å². The molecule has 0 fully saturated rings. The third kappa shape index (κ3) is 2.52. The van der Waals surface area contributed by atoms with Crippen molar-refractivity contribution >= 4 is 22.7 Å². The minimum absolute atomic E-state index is 0.151. The van der Waals surface area contributed by atoms with E-state index in [-0.39, 0.29) is 18.1 Å². The topological polar surface area (TPSA) is 81.9 Å². The SMILES string of the molecule is CCOC(=O)C1C(C)Nc2nnnn2C1c1cccc2ccccc12. The molecule has 0 aliphatic carbocycles. The van der Waals surface area contributed by atoms with Crippen LogP contribution in [0.3, 0.4) is 0 Å². The first-order valence-corrected chi connectivity index (χ1v) is 8.39. The number of nitrogens with one attached hydrogen (secondary N) is 1. The fourth-order valence-electron chi connectivity index (χ4n) is 3.60. The van der Waals surface area contributed by atoms with Crippen molar-refractivity contribution in [2.75, 3.05) is 11.9 Å². The second kappa shape index (κ2) is 6.16. The van der Waals surface area contributed by atoms with Crippen molar-refractivity contribution in [2.24, 2.45) is 5.92 Å². The number of hydrogen-bond acceptors (Lipinski definition) is 6. The number of fused-ring (bicyclic) bond motifs is 2. The van der Waals surface area contributed by atoms with E-state index in [1.54, 1.807) is 4.68 Å². The molecule has 0 saturated carbocycles. The van der Waals surface area contributed by atoms with Crippen molar-refractivity contribution in [3.63, 3.8) is 0 Å². The van der Waals surface area contributed by atoms with Gasteiger partial charge in [-0.2, -0.15) is 0 Å². The van der Waals surface area contributed by atoms with Crippen LogP contribution >= 0.6 is 0 Å². The number of carbonyl (C=O) groups is 1. The Morgan fingerprint density at radius 3 is 2.88 bits per heavy atom. The summed E-state index contributed by atoms with van der Waals surface area (Å²) >= 11 is 0. The van der Waals surface area contributed by atoms with Crippen LogP contribution in [0.1, 0.15) is 25.5 Å². The number of nitrogens with zero attached hydrogens (tertiary/aromatic N) is 4. The van der Waals surface area contributed by atoms with Crippen molar-refractivity contribution in [2.45, 2.75) is 25.9 Å². The molecule has 0 radical (unpaired) electrons. The van der Waals surface area contributed by atoms with E-state index in [1.807, 2.05) is 38.1 Å². The summed E-state index contributed by atoms with van der Waals surface area (Å²) < 4.78 is 7.03. The molecule has 0 saturated heterocycles. The summed E-state index contributed by atoms with van der Waals surface area (Å²) in [5, 5.41) is 17.4. The fourth-order valence-corrected chi connectivity index (χ4v) is 3.60. The molecule has 2 heterocycles. The summed E-state index contributed by atoms with van der Waals surface area (Å²) in [5.41, 5.74) is 1.01. The first-order valence-electron chi connectivity index (χ1n) is 8.39. The number of carbonyl (C=O) groups excluding carboxylic acids is 1. The lowest BCUT2D eigenvalue weighted by atomic mass is 9.84. The van der Waals surface area contributed by atoms with Gasteiger partial charge in [0.1, 0.15) is 5.92 Å². The summed E-state index contributed by atoms with van der Waals surface area (Å²) in [6.45, 7) is 4.11. The zero-order valence-corrected chi connectivity index (χ0v) is 14.1. The largest absolute Gasteiger partial charge is 0.466 e. The highest BCUT2D eigenvalue weighted by atomic mass is 16.5. The van der Waals surface area contributed by atoms with Crippen LogP contribution in [0.25, 0.3) is 10.8 Å². The van der Waals surface area contributed by atoms with Crippen molar-refractivity contribution in [1.29, 1.82) is 0 Å². The van der Waals surface area contributed by atoms with Gasteiger partial charge in [-0.3, -0.25) is 4.79 Å². The molecule has 1 N–H and O–H groups in total. The number of benzene rings is 2. The zero-order chi connectivity index (χ0) is 17.4. The van der Waals surface area contributed by atoms with Crippen LogP contribution in [0.15, 0.2) is 42.5 Å². The number of anilines is 1. The number of hydrogen-bond donors (Lipinski definition) is 1. The molecule has 1 aliphatic heterocycles. The highest BCUT2D eigenvalue weighted by Crippen LogP contribution is 2.38. The van der Waals surface area contributed by atoms with Crippen LogP contribution in [0.5, 0.6) is 0 Å². The second-order valence-electron chi connectivity index (χ2n) is 6.17. The Morgan fingerprint density at radius 2 is 2.04 bits per heavy atom. The van der Waals surface area contributed by atoms with Crippen molar-refractivity contribution < 1.29 is 9.53 Å². The van der Waals surface area contributed by atoms with Gasteiger partial charge in [0.25, 0.3) is 0 Å². The van der Waals surface area contributed by atoms with Crippen LogP contribution in [0, 0.1) is 5.92 Å². The van der Waals surface area contributed by atoms with E-state index in [0.29, 0.717) is 12.6 Å². The van der Waals surface area contributed by atoms with E-state index in [0.717, 1.165) is 16.3 Å². The Hall–Kier alpha value is -2.96. The smallest absolute Gasteiger partial charge is 0.313 e. The van der Waals surface area contributed by atoms with Crippen molar-refractivity contribution in [1.82, 2.24) is 20.2 Å². The van der Waals surface area contributed by atoms with Crippen LogP contribution in [-0.2, 0) is 9.53 Å². The third-order valence-electron chi connectivity index (χ3n) is 4.69. The van der Waals surface area contributed by atoms with E-state index < -0.39 is 5.92 Å². The molecule has 128 valence electrons. The van der Waals surface area contributed by atoms with Gasteiger partial charge < -0.3 is 10.1 Å². The third-order valence-corrected chi connectivity index (χ3v) is 4.69. The van der Waals surface area contributed by atoms with E-state index in [2.05, 4.69) is 39.0 Å². The number of tetrazole rings is 1. The maximum atomic E-state index is 12.7. The van der Waals surface area contributed by atoms with Gasteiger partial charge in [0.2, 0.25) is 5.95 Å². The Balaban J connectivity index is 1.92. The van der Waals surface area contributed by atoms with Gasteiger partial charge >= 0.3 is 5.97 Å². The van der Waals surface area contributed by atoms with E-state index in [1.165, 1.54) is 0 Å². The zero-order valence-electron chi connectivity index (χ0n) is 14.1. The number of rotatable bonds is 3. The van der Waals surface area contributed by atoms with Crippen LogP contribution < -0.4 is 5.32 Å². The van der Waals surface area contributed by atoms with E-state index in [4.69, 9.17) is 4.74 Å². The molecule has 1 aromatic heterocycles. The molecule has 4 rings (SSSR count). The summed E-state index contributed by atoms with van der Waals surface area (Å²) in [4.78, 5) is 12.7. The van der Waals surface area contributed by atoms with Gasteiger partial charge in [-0.05, 0) is 40.6 Å². The highest BCUT2D eigenvalue weighted by Gasteiger charge is 2.43. The minimum atomic E-state index is -0.429. The molecular formula is C18H19N5O2. The van der Waals surface area contributed by atoms with Gasteiger partial charge in [-0.25, -0.2) is 4.68 Å². The molecule has 1 aliphatic rings. The molecule has 0 bridgehead atoms. The quantitative estimate of drug-likeness (QED) is 0.739. The maximum absolute atomic E-state index is 12.7. The summed E-state index contributed by atoms with van der Waals surface area (Å²) in [7, 11) is 0. The van der Waals surface area contributed by atoms with Gasteiger partial charge in [0.15, 0.2) is 0 Å². The maximum Gasteiger partial charge on any atom is 0.313 e. The van der Waals surface area contributed by atoms with Crippen molar-refractivity contribution in [3.8, 4) is 0 Å². The average molecular weight is 337 g/mol. The molecule has 3 aromatic rings. The Morgan fingerprint density at radius 1 is 1.24 bits per heavy atom. The first kappa shape index (κ1) is 15.6. The number of aromatic nitrogens is 4. The van der Waals surface area contributed by atoms with Gasteiger partial charge in [0, 0.05) is 6.04 Å². The molecule has 25 heavy (non-hydrogen) atoms. The average Bonchev–Trinajstić information content (AvgIpc) is 3.08. The second-order valence-corrected chi connectivity index (χ2v) is 6.17. The normalized spacial score (nSPS) is 22.2. The van der Waals surface area contributed by atoms with Crippen LogP contribution in [-0.4, -0.2) is 38.8 Å². The van der Waals surface area contributed by atoms with Crippen LogP contribution in [0.4, 0.5) is 5.95 Å². The molecule has 3 unspecified atom stereocenters. The van der Waals surface area contributed by atoms with Gasteiger partial charge in [-0.15, -0.1) is 0 Å². The summed E-state index contributed by atoms with van der Waals surface area (Å²) in [5.74, 6) is -0.116. The standard InChI is InChI=1S/C18H19N5O2/c1-3-25-17(24)15-11(2)19-18-20-21-22-23(18)16(15)14-10-6-8-12-7-4-5-9-13(12)14/h4-11,15-16H,3H2,1-2H3,(H,19,20,22). The molecular weight excluding hydrogens is 318 g/mol. The lowest BCUT2D eigenvalue weighted by molar-refractivity contribution is -0.150. The van der Waals surface area contributed by atoms with Crippen LogP contribution in [0.2, 0.25) is 0 Å². The molecule has 0 amide bonds. The first-order chi connectivity index (χ1) is 12.2. The summed E-state index contributed by atoms with van der Waals surface area (Å²) in [6.07, 6.45) is 0. The lowest BCUT2D eigenvalue weighted by Gasteiger charge is -2.36. The van der Waals surface area contributed by atoms with Gasteiger partial charge in [0.05, 0.1) is 12.6 Å². The summed E-state index contributed by atoms with van der Waals surface area (Å²) in [6, 6.07) is 13.7. The van der Waals surface area contributed by atoms with E-state index in [9.17, 15) is 4.79 Å². The number of esters is 1. The molecule has 7 nitrogen and oxygen atoms in total. The Kier molecular flexibility index (Phi) is 3.83. The molecule has 7 heteroatoms. The predicted molar refractivity (Wildman–Crippen MR) is 93.1 cm³/mol. The minimum Gasteiger partial charge on any atom is -0.466 e. The Bertz CT molecular complexity index is 917.